The number of hydrazone groups is 1. The number of nitrogens with one attached hydrogen (secondary N) is 2. The van der Waals surface area contributed by atoms with Crippen molar-refractivity contribution in [3.05, 3.63) is 71.3 Å². The SMILES string of the molecule is O=C(/C=C1\NC2(CCCC2)Cc2ccccc21)C(=O)NN=Cc1ccccc1O. The van der Waals surface area contributed by atoms with Crippen molar-refractivity contribution in [1.29, 1.82) is 0 Å². The Morgan fingerprint density at radius 3 is 2.59 bits per heavy atom. The van der Waals surface area contributed by atoms with Crippen molar-refractivity contribution < 1.29 is 14.7 Å². The third-order valence-electron chi connectivity index (χ3n) is 5.60. The minimum absolute atomic E-state index is 0.0278. The van der Waals surface area contributed by atoms with E-state index in [0.29, 0.717) is 11.3 Å². The molecule has 148 valence electrons. The lowest BCUT2D eigenvalue weighted by Gasteiger charge is -2.38. The van der Waals surface area contributed by atoms with Crippen molar-refractivity contribution in [2.24, 2.45) is 5.10 Å². The van der Waals surface area contributed by atoms with Crippen LogP contribution >= 0.6 is 0 Å². The van der Waals surface area contributed by atoms with Gasteiger partial charge in [0.25, 0.3) is 0 Å². The van der Waals surface area contributed by atoms with Crippen LogP contribution in [0.25, 0.3) is 5.70 Å². The van der Waals surface area contributed by atoms with Gasteiger partial charge in [0.2, 0.25) is 5.78 Å². The third-order valence-corrected chi connectivity index (χ3v) is 5.60. The first-order chi connectivity index (χ1) is 14.1. The van der Waals surface area contributed by atoms with Crippen LogP contribution in [0.15, 0.2) is 59.7 Å². The summed E-state index contributed by atoms with van der Waals surface area (Å²) in [5.41, 5.74) is 5.51. The first-order valence-electron chi connectivity index (χ1n) is 9.80. The molecule has 1 fully saturated rings. The average Bonchev–Trinajstić information content (AvgIpc) is 3.16. The molecule has 2 aliphatic rings. The molecule has 2 aromatic carbocycles. The van der Waals surface area contributed by atoms with E-state index in [1.165, 1.54) is 23.9 Å². The van der Waals surface area contributed by atoms with Gasteiger partial charge in [-0.2, -0.15) is 5.10 Å². The topological polar surface area (TPSA) is 90.8 Å². The van der Waals surface area contributed by atoms with Crippen LogP contribution in [-0.4, -0.2) is 28.6 Å². The molecule has 1 heterocycles. The Hall–Kier alpha value is -3.41. The molecule has 3 N–H and O–H groups in total. The van der Waals surface area contributed by atoms with Crippen LogP contribution in [0.3, 0.4) is 0 Å². The number of nitrogens with zero attached hydrogens (tertiary/aromatic N) is 1. The summed E-state index contributed by atoms with van der Waals surface area (Å²) < 4.78 is 0. The maximum atomic E-state index is 12.5. The summed E-state index contributed by atoms with van der Waals surface area (Å²) in [6.45, 7) is 0. The van der Waals surface area contributed by atoms with Gasteiger partial charge < -0.3 is 10.4 Å². The number of para-hydroxylation sites is 1. The summed E-state index contributed by atoms with van der Waals surface area (Å²) in [6.07, 6.45) is 8.05. The first-order valence-corrected chi connectivity index (χ1v) is 9.80. The van der Waals surface area contributed by atoms with E-state index in [1.807, 2.05) is 18.2 Å². The van der Waals surface area contributed by atoms with Crippen molar-refractivity contribution in [2.45, 2.75) is 37.6 Å². The molecule has 29 heavy (non-hydrogen) atoms. The summed E-state index contributed by atoms with van der Waals surface area (Å²) in [7, 11) is 0. The molecule has 1 spiro atoms. The van der Waals surface area contributed by atoms with E-state index in [-0.39, 0.29) is 11.3 Å². The minimum atomic E-state index is -0.825. The van der Waals surface area contributed by atoms with Gasteiger partial charge >= 0.3 is 5.91 Å². The smallest absolute Gasteiger partial charge is 0.311 e. The van der Waals surface area contributed by atoms with Crippen molar-refractivity contribution in [1.82, 2.24) is 10.7 Å². The molecule has 1 aliphatic heterocycles. The Labute approximate surface area is 169 Å². The maximum absolute atomic E-state index is 12.5. The van der Waals surface area contributed by atoms with E-state index in [1.54, 1.807) is 18.2 Å². The van der Waals surface area contributed by atoms with E-state index in [0.717, 1.165) is 37.7 Å². The van der Waals surface area contributed by atoms with Crippen LogP contribution in [0.5, 0.6) is 5.75 Å². The monoisotopic (exact) mass is 389 g/mol. The number of rotatable bonds is 4. The largest absolute Gasteiger partial charge is 0.507 e. The molecule has 2 aromatic rings. The second-order valence-electron chi connectivity index (χ2n) is 7.63. The molecule has 0 saturated heterocycles. The van der Waals surface area contributed by atoms with Crippen molar-refractivity contribution in [3.63, 3.8) is 0 Å². The first kappa shape index (κ1) is 18.9. The van der Waals surface area contributed by atoms with E-state index in [4.69, 9.17) is 0 Å². The van der Waals surface area contributed by atoms with Gasteiger partial charge in [-0.3, -0.25) is 9.59 Å². The highest BCUT2D eigenvalue weighted by Gasteiger charge is 2.38. The van der Waals surface area contributed by atoms with E-state index >= 15 is 0 Å². The van der Waals surface area contributed by atoms with Gasteiger partial charge in [-0.05, 0) is 37.0 Å². The van der Waals surface area contributed by atoms with E-state index < -0.39 is 11.7 Å². The summed E-state index contributed by atoms with van der Waals surface area (Å²) >= 11 is 0. The number of hydrogen-bond donors (Lipinski definition) is 3. The number of phenols is 1. The fourth-order valence-corrected chi connectivity index (χ4v) is 4.18. The number of fused-ring (bicyclic) bond motifs is 1. The predicted molar refractivity (Wildman–Crippen MR) is 111 cm³/mol. The van der Waals surface area contributed by atoms with Gasteiger partial charge in [0.15, 0.2) is 0 Å². The number of phenolic OH excluding ortho intramolecular Hbond substituents is 1. The van der Waals surface area contributed by atoms with Gasteiger partial charge in [0.1, 0.15) is 5.75 Å². The normalized spacial score (nSPS) is 18.6. The van der Waals surface area contributed by atoms with Crippen molar-refractivity contribution in [3.8, 4) is 5.75 Å². The predicted octanol–water partition coefficient (Wildman–Crippen LogP) is 2.91. The van der Waals surface area contributed by atoms with E-state index in [2.05, 4.69) is 21.9 Å². The van der Waals surface area contributed by atoms with Crippen LogP contribution in [0.1, 0.15) is 42.4 Å². The fraction of sp³-hybridized carbons (Fsp3) is 0.261. The van der Waals surface area contributed by atoms with Crippen LogP contribution in [-0.2, 0) is 16.0 Å². The zero-order valence-electron chi connectivity index (χ0n) is 16.0. The molecule has 0 atom stereocenters. The summed E-state index contributed by atoms with van der Waals surface area (Å²) in [5.74, 6) is -1.45. The van der Waals surface area contributed by atoms with Crippen LogP contribution < -0.4 is 10.7 Å². The van der Waals surface area contributed by atoms with Gasteiger partial charge in [0.05, 0.1) is 6.21 Å². The van der Waals surface area contributed by atoms with Crippen LogP contribution in [0.2, 0.25) is 0 Å². The summed E-state index contributed by atoms with van der Waals surface area (Å²) in [5, 5.41) is 17.0. The quantitative estimate of drug-likeness (QED) is 0.325. The third kappa shape index (κ3) is 4.06. The molecule has 1 aliphatic carbocycles. The van der Waals surface area contributed by atoms with Gasteiger partial charge in [-0.25, -0.2) is 5.43 Å². The average molecular weight is 389 g/mol. The summed E-state index contributed by atoms with van der Waals surface area (Å²) in [4.78, 5) is 24.7. The van der Waals surface area contributed by atoms with E-state index in [9.17, 15) is 14.7 Å². The molecular formula is C23H23N3O3. The molecule has 0 aromatic heterocycles. The zero-order valence-corrected chi connectivity index (χ0v) is 16.0. The standard InChI is InChI=1S/C23H23N3O3/c27-20-10-4-2-8-17(20)15-24-26-22(29)21(28)13-19-18-9-3-1-7-16(18)14-23(25-19)11-5-6-12-23/h1-4,7-10,13,15,25,27H,5-6,11-12,14H2,(H,26,29)/b19-13-,24-15?. The highest BCUT2D eigenvalue weighted by molar-refractivity contribution is 6.41. The lowest BCUT2D eigenvalue weighted by atomic mass is 9.82. The molecule has 0 radical (unpaired) electrons. The number of ketones is 1. The molecule has 0 unspecified atom stereocenters. The highest BCUT2D eigenvalue weighted by Crippen LogP contribution is 2.39. The molecule has 1 amide bonds. The van der Waals surface area contributed by atoms with Gasteiger partial charge in [0, 0.05) is 28.4 Å². The number of carbonyl (C=O) groups is 2. The Balaban J connectivity index is 1.51. The van der Waals surface area contributed by atoms with Crippen molar-refractivity contribution >= 4 is 23.6 Å². The molecule has 1 saturated carbocycles. The number of benzene rings is 2. The fourth-order valence-electron chi connectivity index (χ4n) is 4.18. The highest BCUT2D eigenvalue weighted by atomic mass is 16.3. The van der Waals surface area contributed by atoms with Gasteiger partial charge in [-0.1, -0.05) is 49.2 Å². The molecular weight excluding hydrogens is 366 g/mol. The molecule has 4 rings (SSSR count). The minimum Gasteiger partial charge on any atom is -0.507 e. The number of amides is 1. The Bertz CT molecular complexity index is 1000. The van der Waals surface area contributed by atoms with Gasteiger partial charge in [-0.15, -0.1) is 0 Å². The zero-order chi connectivity index (χ0) is 20.3. The second-order valence-corrected chi connectivity index (χ2v) is 7.63. The number of hydrogen-bond acceptors (Lipinski definition) is 5. The maximum Gasteiger partial charge on any atom is 0.311 e. The Morgan fingerprint density at radius 2 is 1.79 bits per heavy atom. The number of aromatic hydroxyl groups is 1. The van der Waals surface area contributed by atoms with Crippen LogP contribution in [0, 0.1) is 0 Å². The molecule has 6 nitrogen and oxygen atoms in total. The second kappa shape index (κ2) is 7.91. The Kier molecular flexibility index (Phi) is 5.16. The number of carbonyl (C=O) groups excluding carboxylic acids is 2. The lowest BCUT2D eigenvalue weighted by molar-refractivity contribution is -0.135. The molecule has 0 bridgehead atoms. The Morgan fingerprint density at radius 1 is 1.07 bits per heavy atom. The summed E-state index contributed by atoms with van der Waals surface area (Å²) in [6, 6.07) is 14.6. The lowest BCUT2D eigenvalue weighted by Crippen LogP contribution is -2.47. The van der Waals surface area contributed by atoms with Crippen molar-refractivity contribution in [2.75, 3.05) is 0 Å². The van der Waals surface area contributed by atoms with Crippen LogP contribution in [0.4, 0.5) is 0 Å². The molecule has 6 heteroatoms.